The van der Waals surface area contributed by atoms with Crippen LogP contribution in [0, 0.1) is 0 Å². The maximum Gasteiger partial charge on any atom is 0.251 e. The standard InChI is InChI=1S/C14H15N3O2/c15-13-10(8-16-17-13)9-3-4-11-12(7-9)19-14(18-11)5-1-2-6-14/h3-4,7-8H,1-2,5-6H2,(H3,15,16,17). The molecule has 0 atom stereocenters. The lowest BCUT2D eigenvalue weighted by molar-refractivity contribution is -0.0716. The molecule has 2 aromatic rings. The molecule has 19 heavy (non-hydrogen) atoms. The van der Waals surface area contributed by atoms with Crippen molar-refractivity contribution in [2.75, 3.05) is 5.73 Å². The maximum absolute atomic E-state index is 6.04. The molecule has 2 heterocycles. The Balaban J connectivity index is 1.72. The Bertz CT molecular complexity index is 629. The first-order valence-corrected chi connectivity index (χ1v) is 6.57. The van der Waals surface area contributed by atoms with Crippen LogP contribution < -0.4 is 15.2 Å². The van der Waals surface area contributed by atoms with E-state index in [-0.39, 0.29) is 0 Å². The molecule has 1 aliphatic carbocycles. The quantitative estimate of drug-likeness (QED) is 0.823. The van der Waals surface area contributed by atoms with Crippen molar-refractivity contribution in [2.45, 2.75) is 31.5 Å². The summed E-state index contributed by atoms with van der Waals surface area (Å²) < 4.78 is 12.0. The molecule has 1 spiro atoms. The smallest absolute Gasteiger partial charge is 0.251 e. The van der Waals surface area contributed by atoms with Gasteiger partial charge in [0.05, 0.1) is 6.20 Å². The van der Waals surface area contributed by atoms with Gasteiger partial charge in [0.2, 0.25) is 0 Å². The molecular formula is C14H15N3O2. The first-order chi connectivity index (χ1) is 9.26. The van der Waals surface area contributed by atoms with Gasteiger partial charge in [-0.3, -0.25) is 5.10 Å². The van der Waals surface area contributed by atoms with E-state index in [0.29, 0.717) is 5.82 Å². The highest BCUT2D eigenvalue weighted by atomic mass is 16.7. The minimum atomic E-state index is -0.414. The van der Waals surface area contributed by atoms with Crippen LogP contribution in [0.15, 0.2) is 24.4 Å². The molecule has 1 saturated carbocycles. The van der Waals surface area contributed by atoms with E-state index < -0.39 is 5.79 Å². The molecule has 98 valence electrons. The Labute approximate surface area is 110 Å². The zero-order valence-corrected chi connectivity index (χ0v) is 10.5. The van der Waals surface area contributed by atoms with Crippen molar-refractivity contribution in [1.82, 2.24) is 10.2 Å². The number of hydrogen-bond donors (Lipinski definition) is 2. The van der Waals surface area contributed by atoms with E-state index in [1.165, 1.54) is 0 Å². The molecule has 1 aliphatic heterocycles. The molecule has 4 rings (SSSR count). The van der Waals surface area contributed by atoms with E-state index >= 15 is 0 Å². The summed E-state index contributed by atoms with van der Waals surface area (Å²) in [5, 5.41) is 6.68. The zero-order valence-electron chi connectivity index (χ0n) is 10.5. The molecule has 0 radical (unpaired) electrons. The number of anilines is 1. The van der Waals surface area contributed by atoms with Gasteiger partial charge in [0.15, 0.2) is 11.5 Å². The van der Waals surface area contributed by atoms with E-state index in [2.05, 4.69) is 10.2 Å². The van der Waals surface area contributed by atoms with Crippen LogP contribution in [-0.2, 0) is 0 Å². The number of benzene rings is 1. The second kappa shape index (κ2) is 3.66. The number of rotatable bonds is 1. The molecule has 3 N–H and O–H groups in total. The van der Waals surface area contributed by atoms with Crippen molar-refractivity contribution < 1.29 is 9.47 Å². The van der Waals surface area contributed by atoms with E-state index in [9.17, 15) is 0 Å². The number of ether oxygens (including phenoxy) is 2. The molecular weight excluding hydrogens is 242 g/mol. The number of hydrogen-bond acceptors (Lipinski definition) is 4. The van der Waals surface area contributed by atoms with Crippen LogP contribution in [0.25, 0.3) is 11.1 Å². The highest BCUT2D eigenvalue weighted by molar-refractivity contribution is 5.75. The van der Waals surface area contributed by atoms with E-state index in [4.69, 9.17) is 15.2 Å². The average molecular weight is 257 g/mol. The number of fused-ring (bicyclic) bond motifs is 1. The largest absolute Gasteiger partial charge is 0.448 e. The number of aromatic amines is 1. The minimum Gasteiger partial charge on any atom is -0.448 e. The Morgan fingerprint density at radius 3 is 2.68 bits per heavy atom. The fourth-order valence-corrected chi connectivity index (χ4v) is 2.91. The van der Waals surface area contributed by atoms with Crippen LogP contribution in [0.3, 0.4) is 0 Å². The van der Waals surface area contributed by atoms with Gasteiger partial charge in [-0.15, -0.1) is 0 Å². The molecule has 1 fully saturated rings. The van der Waals surface area contributed by atoms with Gasteiger partial charge in [-0.2, -0.15) is 5.10 Å². The number of nitrogens with two attached hydrogens (primary N) is 1. The molecule has 5 heteroatoms. The fraction of sp³-hybridized carbons (Fsp3) is 0.357. The summed E-state index contributed by atoms with van der Waals surface area (Å²) in [4.78, 5) is 0. The van der Waals surface area contributed by atoms with Crippen LogP contribution >= 0.6 is 0 Å². The van der Waals surface area contributed by atoms with Crippen LogP contribution in [0.2, 0.25) is 0 Å². The Morgan fingerprint density at radius 2 is 1.95 bits per heavy atom. The summed E-state index contributed by atoms with van der Waals surface area (Å²) in [7, 11) is 0. The molecule has 0 saturated heterocycles. The van der Waals surface area contributed by atoms with Crippen molar-refractivity contribution >= 4 is 5.82 Å². The lowest BCUT2D eigenvalue weighted by atomic mass is 10.1. The van der Waals surface area contributed by atoms with E-state index in [1.807, 2.05) is 18.2 Å². The van der Waals surface area contributed by atoms with Gasteiger partial charge >= 0.3 is 0 Å². The van der Waals surface area contributed by atoms with Gasteiger partial charge < -0.3 is 15.2 Å². The Hall–Kier alpha value is -2.17. The first kappa shape index (κ1) is 10.7. The summed E-state index contributed by atoms with van der Waals surface area (Å²) in [6.45, 7) is 0. The van der Waals surface area contributed by atoms with Gasteiger partial charge in [-0.05, 0) is 30.5 Å². The Morgan fingerprint density at radius 1 is 1.16 bits per heavy atom. The summed E-state index contributed by atoms with van der Waals surface area (Å²) >= 11 is 0. The number of nitrogens with zero attached hydrogens (tertiary/aromatic N) is 1. The Kier molecular flexibility index (Phi) is 2.07. The van der Waals surface area contributed by atoms with Gasteiger partial charge in [0.1, 0.15) is 5.82 Å². The topological polar surface area (TPSA) is 73.2 Å². The monoisotopic (exact) mass is 257 g/mol. The van der Waals surface area contributed by atoms with Crippen molar-refractivity contribution in [3.05, 3.63) is 24.4 Å². The highest BCUT2D eigenvalue weighted by Gasteiger charge is 2.44. The van der Waals surface area contributed by atoms with E-state index in [1.54, 1.807) is 6.20 Å². The summed E-state index contributed by atoms with van der Waals surface area (Å²) in [5.41, 5.74) is 7.72. The van der Waals surface area contributed by atoms with Gasteiger partial charge in [-0.1, -0.05) is 6.07 Å². The van der Waals surface area contributed by atoms with Crippen molar-refractivity contribution in [2.24, 2.45) is 0 Å². The predicted octanol–water partition coefficient (Wildman–Crippen LogP) is 2.70. The predicted molar refractivity (Wildman–Crippen MR) is 70.9 cm³/mol. The van der Waals surface area contributed by atoms with Crippen molar-refractivity contribution in [1.29, 1.82) is 0 Å². The SMILES string of the molecule is Nc1[nH]ncc1-c1ccc2c(c1)OC1(CCCC1)O2. The highest BCUT2D eigenvalue weighted by Crippen LogP contribution is 2.47. The lowest BCUT2D eigenvalue weighted by Crippen LogP contribution is -2.34. The maximum atomic E-state index is 6.04. The third-order valence-corrected chi connectivity index (χ3v) is 3.88. The molecule has 1 aromatic heterocycles. The molecule has 1 aromatic carbocycles. The molecule has 2 aliphatic rings. The summed E-state index contributed by atoms with van der Waals surface area (Å²) in [6, 6.07) is 5.91. The second-order valence-electron chi connectivity index (χ2n) is 5.18. The van der Waals surface area contributed by atoms with Crippen LogP contribution in [0.4, 0.5) is 5.82 Å². The average Bonchev–Trinajstić information content (AvgIpc) is 3.09. The number of nitrogens with one attached hydrogen (secondary N) is 1. The van der Waals surface area contributed by atoms with Crippen molar-refractivity contribution in [3.63, 3.8) is 0 Å². The van der Waals surface area contributed by atoms with Crippen molar-refractivity contribution in [3.8, 4) is 22.6 Å². The third kappa shape index (κ3) is 1.58. The molecule has 0 bridgehead atoms. The second-order valence-corrected chi connectivity index (χ2v) is 5.18. The van der Waals surface area contributed by atoms with Gasteiger partial charge in [-0.25, -0.2) is 0 Å². The lowest BCUT2D eigenvalue weighted by Gasteiger charge is -2.21. The van der Waals surface area contributed by atoms with Crippen LogP contribution in [0.5, 0.6) is 11.5 Å². The van der Waals surface area contributed by atoms with Gasteiger partial charge in [0.25, 0.3) is 5.79 Å². The normalized spacial score (nSPS) is 19.2. The molecule has 5 nitrogen and oxygen atoms in total. The summed E-state index contributed by atoms with van der Waals surface area (Å²) in [5.74, 6) is 1.78. The van der Waals surface area contributed by atoms with E-state index in [0.717, 1.165) is 48.3 Å². The number of H-pyrrole nitrogens is 1. The zero-order chi connectivity index (χ0) is 12.9. The third-order valence-electron chi connectivity index (χ3n) is 3.88. The van der Waals surface area contributed by atoms with Gasteiger partial charge in [0, 0.05) is 18.4 Å². The van der Waals surface area contributed by atoms with Crippen LogP contribution in [-0.4, -0.2) is 16.0 Å². The molecule has 0 unspecified atom stereocenters. The summed E-state index contributed by atoms with van der Waals surface area (Å²) in [6.07, 6.45) is 5.97. The minimum absolute atomic E-state index is 0.414. The number of nitrogen functional groups attached to an aromatic ring is 1. The van der Waals surface area contributed by atoms with Crippen LogP contribution in [0.1, 0.15) is 25.7 Å². The molecule has 0 amide bonds. The fourth-order valence-electron chi connectivity index (χ4n) is 2.91. The number of aromatic nitrogens is 2. The first-order valence-electron chi connectivity index (χ1n) is 6.57.